The number of thiophene rings is 1. The van der Waals surface area contributed by atoms with E-state index in [4.69, 9.17) is 11.6 Å². The van der Waals surface area contributed by atoms with E-state index in [1.165, 1.54) is 11.3 Å². The lowest BCUT2D eigenvalue weighted by Gasteiger charge is -2.07. The Bertz CT molecular complexity index is 756. The third-order valence-corrected chi connectivity index (χ3v) is 4.73. The highest BCUT2D eigenvalue weighted by molar-refractivity contribution is 7.14. The summed E-state index contributed by atoms with van der Waals surface area (Å²) in [6, 6.07) is 10.2. The zero-order chi connectivity index (χ0) is 18.2. The van der Waals surface area contributed by atoms with Gasteiger partial charge in [-0.1, -0.05) is 11.6 Å². The van der Waals surface area contributed by atoms with E-state index in [1.807, 2.05) is 13.0 Å². The molecule has 1 aromatic heterocycles. The third kappa shape index (κ3) is 6.32. The van der Waals surface area contributed by atoms with Gasteiger partial charge in [0.05, 0.1) is 4.88 Å². The first kappa shape index (κ1) is 19.1. The van der Waals surface area contributed by atoms with Crippen LogP contribution in [0.4, 0.5) is 0 Å². The maximum absolute atomic E-state index is 11.9. The molecule has 1 aromatic carbocycles. The normalized spacial score (nSPS) is 10.3. The van der Waals surface area contributed by atoms with Crippen LogP contribution in [0.2, 0.25) is 5.02 Å². The van der Waals surface area contributed by atoms with Crippen LogP contribution in [0.5, 0.6) is 0 Å². The quantitative estimate of drug-likeness (QED) is 0.547. The monoisotopic (exact) mass is 378 g/mol. The average molecular weight is 379 g/mol. The van der Waals surface area contributed by atoms with Gasteiger partial charge in [-0.05, 0) is 43.3 Å². The first-order valence-corrected chi connectivity index (χ1v) is 9.05. The van der Waals surface area contributed by atoms with Crippen molar-refractivity contribution in [3.8, 4) is 0 Å². The summed E-state index contributed by atoms with van der Waals surface area (Å²) in [5, 5.41) is 5.96. The SMILES string of the molecule is Cc1ccc(C(=O)CCC(=O)NCCNC(=O)c2ccc(Cl)cc2)s1. The number of nitrogens with one attached hydrogen (secondary N) is 2. The number of aryl methyl sites for hydroxylation is 1. The fourth-order valence-electron chi connectivity index (χ4n) is 2.10. The zero-order valence-electron chi connectivity index (χ0n) is 13.8. The number of rotatable bonds is 8. The second-order valence-corrected chi connectivity index (χ2v) is 7.17. The Kier molecular flexibility index (Phi) is 7.16. The van der Waals surface area contributed by atoms with Crippen LogP contribution in [0.25, 0.3) is 0 Å². The van der Waals surface area contributed by atoms with Crippen molar-refractivity contribution in [3.63, 3.8) is 0 Å². The lowest BCUT2D eigenvalue weighted by atomic mass is 10.2. The topological polar surface area (TPSA) is 75.3 Å². The highest BCUT2D eigenvalue weighted by Crippen LogP contribution is 2.17. The fourth-order valence-corrected chi connectivity index (χ4v) is 3.07. The van der Waals surface area contributed by atoms with E-state index in [-0.39, 0.29) is 30.4 Å². The van der Waals surface area contributed by atoms with Crippen molar-refractivity contribution in [1.29, 1.82) is 0 Å². The molecule has 0 fully saturated rings. The molecule has 25 heavy (non-hydrogen) atoms. The molecule has 5 nitrogen and oxygen atoms in total. The molecule has 0 unspecified atom stereocenters. The minimum absolute atomic E-state index is 0.0238. The number of halogens is 1. The van der Waals surface area contributed by atoms with Crippen LogP contribution in [0.15, 0.2) is 36.4 Å². The molecule has 2 amide bonds. The van der Waals surface area contributed by atoms with E-state index < -0.39 is 0 Å². The number of amides is 2. The molecule has 132 valence electrons. The van der Waals surface area contributed by atoms with Crippen molar-refractivity contribution in [1.82, 2.24) is 10.6 Å². The number of Topliss-reactive ketones (excluding diaryl/α,β-unsaturated/α-hetero) is 1. The minimum atomic E-state index is -0.228. The van der Waals surface area contributed by atoms with E-state index in [1.54, 1.807) is 30.3 Å². The standard InChI is InChI=1S/C18H19ClN2O3S/c1-12-2-8-16(25-12)15(22)7-9-17(23)20-10-11-21-18(24)13-3-5-14(19)6-4-13/h2-6,8H,7,9-11H2,1H3,(H,20,23)(H,21,24). The number of ketones is 1. The number of hydrogen-bond donors (Lipinski definition) is 2. The van der Waals surface area contributed by atoms with Crippen LogP contribution in [0.1, 0.15) is 37.7 Å². The lowest BCUT2D eigenvalue weighted by Crippen LogP contribution is -2.34. The van der Waals surface area contributed by atoms with Gasteiger partial charge in [0.25, 0.3) is 5.91 Å². The number of benzene rings is 1. The summed E-state index contributed by atoms with van der Waals surface area (Å²) in [7, 11) is 0. The van der Waals surface area contributed by atoms with Crippen molar-refractivity contribution in [2.75, 3.05) is 13.1 Å². The Balaban J connectivity index is 1.62. The van der Waals surface area contributed by atoms with Gasteiger partial charge < -0.3 is 10.6 Å². The first-order chi connectivity index (χ1) is 12.0. The predicted octanol–water partition coefficient (Wildman–Crippen LogP) is 3.22. The molecular weight excluding hydrogens is 360 g/mol. The van der Waals surface area contributed by atoms with E-state index in [9.17, 15) is 14.4 Å². The Hall–Kier alpha value is -2.18. The molecule has 0 aliphatic heterocycles. The maximum atomic E-state index is 11.9. The van der Waals surface area contributed by atoms with Gasteiger partial charge in [0.15, 0.2) is 5.78 Å². The molecule has 1 heterocycles. The van der Waals surface area contributed by atoms with E-state index in [0.29, 0.717) is 28.6 Å². The van der Waals surface area contributed by atoms with Gasteiger partial charge in [-0.15, -0.1) is 11.3 Å². The van der Waals surface area contributed by atoms with Gasteiger partial charge in [-0.3, -0.25) is 14.4 Å². The lowest BCUT2D eigenvalue weighted by molar-refractivity contribution is -0.121. The van der Waals surface area contributed by atoms with Crippen LogP contribution < -0.4 is 10.6 Å². The predicted molar refractivity (Wildman–Crippen MR) is 99.4 cm³/mol. The van der Waals surface area contributed by atoms with Crippen LogP contribution in [-0.2, 0) is 4.79 Å². The van der Waals surface area contributed by atoms with Gasteiger partial charge in [0, 0.05) is 41.4 Å². The molecular formula is C18H19ClN2O3S. The van der Waals surface area contributed by atoms with Crippen molar-refractivity contribution < 1.29 is 14.4 Å². The van der Waals surface area contributed by atoms with Crippen LogP contribution in [-0.4, -0.2) is 30.7 Å². The summed E-state index contributed by atoms with van der Waals surface area (Å²) in [6.45, 7) is 2.56. The van der Waals surface area contributed by atoms with E-state index in [2.05, 4.69) is 10.6 Å². The Morgan fingerprint density at radius 1 is 0.960 bits per heavy atom. The van der Waals surface area contributed by atoms with Crippen LogP contribution in [0.3, 0.4) is 0 Å². The zero-order valence-corrected chi connectivity index (χ0v) is 15.4. The molecule has 0 radical (unpaired) electrons. The molecule has 0 saturated carbocycles. The smallest absolute Gasteiger partial charge is 0.251 e. The summed E-state index contributed by atoms with van der Waals surface area (Å²) >= 11 is 7.20. The first-order valence-electron chi connectivity index (χ1n) is 7.86. The van der Waals surface area contributed by atoms with Crippen molar-refractivity contribution >= 4 is 40.5 Å². The van der Waals surface area contributed by atoms with Gasteiger partial charge in [-0.25, -0.2) is 0 Å². The van der Waals surface area contributed by atoms with Crippen molar-refractivity contribution in [2.24, 2.45) is 0 Å². The molecule has 2 aromatic rings. The highest BCUT2D eigenvalue weighted by atomic mass is 35.5. The Morgan fingerprint density at radius 2 is 1.64 bits per heavy atom. The molecule has 2 rings (SSSR count). The second-order valence-electron chi connectivity index (χ2n) is 5.45. The average Bonchev–Trinajstić information content (AvgIpc) is 3.03. The molecule has 0 aliphatic rings. The second kappa shape index (κ2) is 9.34. The summed E-state index contributed by atoms with van der Waals surface area (Å²) in [5.41, 5.74) is 0.507. The van der Waals surface area contributed by atoms with Crippen molar-refractivity contribution in [2.45, 2.75) is 19.8 Å². The molecule has 0 spiro atoms. The summed E-state index contributed by atoms with van der Waals surface area (Å²) < 4.78 is 0. The maximum Gasteiger partial charge on any atom is 0.251 e. The minimum Gasteiger partial charge on any atom is -0.354 e. The van der Waals surface area contributed by atoms with E-state index in [0.717, 1.165) is 4.88 Å². The van der Waals surface area contributed by atoms with Gasteiger partial charge in [0.1, 0.15) is 0 Å². The van der Waals surface area contributed by atoms with Gasteiger partial charge in [0.2, 0.25) is 5.91 Å². The Morgan fingerprint density at radius 3 is 2.28 bits per heavy atom. The van der Waals surface area contributed by atoms with Crippen LogP contribution in [0, 0.1) is 6.92 Å². The summed E-state index contributed by atoms with van der Waals surface area (Å²) in [5.74, 6) is -0.458. The largest absolute Gasteiger partial charge is 0.354 e. The number of hydrogen-bond acceptors (Lipinski definition) is 4. The number of carbonyl (C=O) groups excluding carboxylic acids is 3. The van der Waals surface area contributed by atoms with Crippen molar-refractivity contribution in [3.05, 3.63) is 56.7 Å². The molecule has 0 aliphatic carbocycles. The molecule has 0 bridgehead atoms. The summed E-state index contributed by atoms with van der Waals surface area (Å²) in [6.07, 6.45) is 0.323. The van der Waals surface area contributed by atoms with Gasteiger partial charge in [-0.2, -0.15) is 0 Å². The molecule has 7 heteroatoms. The molecule has 2 N–H and O–H groups in total. The molecule has 0 saturated heterocycles. The van der Waals surface area contributed by atoms with Gasteiger partial charge >= 0.3 is 0 Å². The van der Waals surface area contributed by atoms with Crippen LogP contribution >= 0.6 is 22.9 Å². The Labute approximate surface area is 155 Å². The molecule has 0 atom stereocenters. The fraction of sp³-hybridized carbons (Fsp3) is 0.278. The summed E-state index contributed by atoms with van der Waals surface area (Å²) in [4.78, 5) is 37.3. The highest BCUT2D eigenvalue weighted by Gasteiger charge is 2.11. The third-order valence-electron chi connectivity index (χ3n) is 3.43. The van der Waals surface area contributed by atoms with E-state index >= 15 is 0 Å². The number of carbonyl (C=O) groups is 3.